The molecule has 0 fully saturated rings. The topological polar surface area (TPSA) is 23.4 Å². The van der Waals surface area contributed by atoms with Gasteiger partial charge in [0.15, 0.2) is 0 Å². The van der Waals surface area contributed by atoms with Crippen LogP contribution in [0.15, 0.2) is 188 Å². The molecule has 3 nitrogen and oxygen atoms in total. The second kappa shape index (κ2) is 11.9. The molecule has 3 heteroatoms. The van der Waals surface area contributed by atoms with Gasteiger partial charge >= 0.3 is 0 Å². The van der Waals surface area contributed by atoms with Gasteiger partial charge in [-0.2, -0.15) is 0 Å². The number of aromatic nitrogens is 1. The Bertz CT molecular complexity index is 2740. The van der Waals surface area contributed by atoms with E-state index in [1.165, 1.54) is 16.3 Å². The van der Waals surface area contributed by atoms with Crippen molar-refractivity contribution in [1.82, 2.24) is 4.57 Å². The summed E-state index contributed by atoms with van der Waals surface area (Å²) < 4.78 is 16.3. The van der Waals surface area contributed by atoms with E-state index in [2.05, 4.69) is 156 Å². The zero-order chi connectivity index (χ0) is 33.7. The monoisotopic (exact) mass is 653 g/mol. The van der Waals surface area contributed by atoms with Crippen molar-refractivity contribution >= 4 is 21.8 Å². The predicted molar refractivity (Wildman–Crippen MR) is 209 cm³/mol. The largest absolute Gasteiger partial charge is 0.456 e. The average Bonchev–Trinajstić information content (AvgIpc) is 3.54. The highest BCUT2D eigenvalue weighted by Gasteiger charge is 2.24. The molecule has 240 valence electrons. The highest BCUT2D eigenvalue weighted by Crippen LogP contribution is 2.51. The maximum absolute atomic E-state index is 6.98. The summed E-state index contributed by atoms with van der Waals surface area (Å²) in [5, 5.41) is 2.43. The summed E-state index contributed by atoms with van der Waals surface area (Å²) in [6.07, 6.45) is 0. The van der Waals surface area contributed by atoms with Crippen molar-refractivity contribution in [3.8, 4) is 73.2 Å². The van der Waals surface area contributed by atoms with E-state index in [4.69, 9.17) is 9.47 Å². The van der Waals surface area contributed by atoms with E-state index < -0.39 is 0 Å². The highest BCUT2D eigenvalue weighted by molar-refractivity contribution is 6.14. The molecule has 0 radical (unpaired) electrons. The van der Waals surface area contributed by atoms with Gasteiger partial charge in [-0.05, 0) is 65.2 Å². The second-order valence-electron chi connectivity index (χ2n) is 12.8. The Morgan fingerprint density at radius 3 is 1.67 bits per heavy atom. The van der Waals surface area contributed by atoms with Crippen LogP contribution in [0.5, 0.6) is 23.0 Å². The SMILES string of the molecule is c1ccc(-c2cccc3c2-c2cc(-c4cccc5c6ccccc6n(-c6ccccc6)c45)ccc2Oc2ccccc2-c2ccccc2O3)cc1. The van der Waals surface area contributed by atoms with Crippen LogP contribution < -0.4 is 9.47 Å². The lowest BCUT2D eigenvalue weighted by atomic mass is 9.90. The van der Waals surface area contributed by atoms with Gasteiger partial charge in [-0.3, -0.25) is 0 Å². The first kappa shape index (κ1) is 29.1. The Hall–Kier alpha value is -6.84. The van der Waals surface area contributed by atoms with Gasteiger partial charge in [0.05, 0.1) is 11.0 Å². The summed E-state index contributed by atoms with van der Waals surface area (Å²) in [6, 6.07) is 65.7. The fourth-order valence-electron chi connectivity index (χ4n) is 7.62. The smallest absolute Gasteiger partial charge is 0.136 e. The summed E-state index contributed by atoms with van der Waals surface area (Å²) in [5.74, 6) is 3.07. The Kier molecular flexibility index (Phi) is 6.81. The van der Waals surface area contributed by atoms with E-state index >= 15 is 0 Å². The van der Waals surface area contributed by atoms with Gasteiger partial charge in [0.25, 0.3) is 0 Å². The molecule has 9 aromatic rings. The Morgan fingerprint density at radius 2 is 0.882 bits per heavy atom. The summed E-state index contributed by atoms with van der Waals surface area (Å²) in [7, 11) is 0. The van der Waals surface area contributed by atoms with Gasteiger partial charge in [-0.25, -0.2) is 0 Å². The van der Waals surface area contributed by atoms with Crippen molar-refractivity contribution in [3.63, 3.8) is 0 Å². The lowest BCUT2D eigenvalue weighted by molar-refractivity contribution is 0.472. The van der Waals surface area contributed by atoms with Crippen LogP contribution in [-0.2, 0) is 0 Å². The van der Waals surface area contributed by atoms with Crippen LogP contribution in [0.1, 0.15) is 0 Å². The summed E-state index contributed by atoms with van der Waals surface area (Å²) in [5.41, 5.74) is 11.7. The maximum Gasteiger partial charge on any atom is 0.136 e. The summed E-state index contributed by atoms with van der Waals surface area (Å²) in [6.45, 7) is 0. The van der Waals surface area contributed by atoms with Crippen molar-refractivity contribution in [2.75, 3.05) is 0 Å². The first-order chi connectivity index (χ1) is 25.3. The van der Waals surface area contributed by atoms with Crippen LogP contribution in [0.25, 0.3) is 72.0 Å². The van der Waals surface area contributed by atoms with Gasteiger partial charge < -0.3 is 14.0 Å². The molecule has 0 N–H and O–H groups in total. The van der Waals surface area contributed by atoms with Crippen LogP contribution in [0.2, 0.25) is 0 Å². The molecule has 1 aliphatic rings. The second-order valence-corrected chi connectivity index (χ2v) is 12.8. The van der Waals surface area contributed by atoms with Gasteiger partial charge in [0.2, 0.25) is 0 Å². The number of hydrogen-bond donors (Lipinski definition) is 0. The highest BCUT2D eigenvalue weighted by atomic mass is 16.5. The molecule has 0 aliphatic carbocycles. The molecule has 0 saturated heterocycles. The third-order valence-corrected chi connectivity index (χ3v) is 9.88. The first-order valence-corrected chi connectivity index (χ1v) is 17.3. The van der Waals surface area contributed by atoms with Gasteiger partial charge in [-0.1, -0.05) is 140 Å². The van der Waals surface area contributed by atoms with Crippen LogP contribution in [0, 0.1) is 0 Å². The Balaban J connectivity index is 1.29. The van der Waals surface area contributed by atoms with E-state index in [0.717, 1.165) is 78.7 Å². The Labute approximate surface area is 296 Å². The zero-order valence-corrected chi connectivity index (χ0v) is 27.7. The van der Waals surface area contributed by atoms with E-state index in [1.54, 1.807) is 0 Å². The molecular weight excluding hydrogens is 623 g/mol. The molecule has 10 rings (SSSR count). The number of rotatable bonds is 3. The molecule has 0 unspecified atom stereocenters. The summed E-state index contributed by atoms with van der Waals surface area (Å²) >= 11 is 0. The molecule has 0 amide bonds. The van der Waals surface area contributed by atoms with Gasteiger partial charge in [0, 0.05) is 44.3 Å². The first-order valence-electron chi connectivity index (χ1n) is 17.3. The van der Waals surface area contributed by atoms with Crippen molar-refractivity contribution in [2.24, 2.45) is 0 Å². The van der Waals surface area contributed by atoms with Crippen molar-refractivity contribution < 1.29 is 9.47 Å². The van der Waals surface area contributed by atoms with Crippen LogP contribution in [0.4, 0.5) is 0 Å². The van der Waals surface area contributed by atoms with E-state index in [-0.39, 0.29) is 0 Å². The number of nitrogens with zero attached hydrogens (tertiary/aromatic N) is 1. The van der Waals surface area contributed by atoms with Crippen LogP contribution in [0.3, 0.4) is 0 Å². The quantitative estimate of drug-likeness (QED) is 0.189. The molecule has 0 bridgehead atoms. The van der Waals surface area contributed by atoms with E-state index in [9.17, 15) is 0 Å². The molecule has 0 spiro atoms. The molecule has 2 heterocycles. The minimum atomic E-state index is 0.759. The average molecular weight is 654 g/mol. The van der Waals surface area contributed by atoms with Crippen molar-refractivity contribution in [3.05, 3.63) is 188 Å². The molecule has 1 aromatic heterocycles. The summed E-state index contributed by atoms with van der Waals surface area (Å²) in [4.78, 5) is 0. The molecule has 8 aromatic carbocycles. The predicted octanol–water partition coefficient (Wildman–Crippen LogP) is 13.3. The van der Waals surface area contributed by atoms with Crippen molar-refractivity contribution in [2.45, 2.75) is 0 Å². The molecule has 51 heavy (non-hydrogen) atoms. The van der Waals surface area contributed by atoms with Gasteiger partial charge in [0.1, 0.15) is 23.0 Å². The minimum absolute atomic E-state index is 0.759. The minimum Gasteiger partial charge on any atom is -0.456 e. The fourth-order valence-corrected chi connectivity index (χ4v) is 7.62. The number of fused-ring (bicyclic) bond motifs is 9. The lowest BCUT2D eigenvalue weighted by Crippen LogP contribution is -1.99. The number of ether oxygens (including phenoxy) is 2. The van der Waals surface area contributed by atoms with Crippen molar-refractivity contribution in [1.29, 1.82) is 0 Å². The van der Waals surface area contributed by atoms with Crippen LogP contribution >= 0.6 is 0 Å². The standard InChI is InChI=1S/C48H31NO2/c1-3-15-32(16-4-1)35-22-14-28-46-47(35)41-31-33(29-30-45(41)50-43-26-11-8-20-38(43)39-21-9-12-27-44(39)51-46)36-23-13-24-40-37-19-7-10-25-42(37)49(48(36)40)34-17-5-2-6-18-34/h1-31H. The molecule has 1 aliphatic heterocycles. The maximum atomic E-state index is 6.98. The normalized spacial score (nSPS) is 11.8. The zero-order valence-electron chi connectivity index (χ0n) is 27.7. The molecule has 0 saturated carbocycles. The number of para-hydroxylation sites is 5. The number of benzene rings is 8. The molecule has 0 atom stereocenters. The van der Waals surface area contributed by atoms with E-state index in [0.29, 0.717) is 0 Å². The molecular formula is C48H31NO2. The Morgan fingerprint density at radius 1 is 0.333 bits per heavy atom. The third-order valence-electron chi connectivity index (χ3n) is 9.88. The lowest BCUT2D eigenvalue weighted by Gasteiger charge is -2.23. The van der Waals surface area contributed by atoms with Crippen LogP contribution in [-0.4, -0.2) is 4.57 Å². The number of hydrogen-bond acceptors (Lipinski definition) is 2. The fraction of sp³-hybridized carbons (Fsp3) is 0. The van der Waals surface area contributed by atoms with E-state index in [1.807, 2.05) is 36.4 Å². The third kappa shape index (κ3) is 4.82. The van der Waals surface area contributed by atoms with Gasteiger partial charge in [-0.15, -0.1) is 0 Å².